The van der Waals surface area contributed by atoms with Gasteiger partial charge in [0, 0.05) is 12.6 Å². The molecule has 0 atom stereocenters. The Labute approximate surface area is 143 Å². The number of alkyl halides is 3. The highest BCUT2D eigenvalue weighted by Crippen LogP contribution is 2.33. The normalized spacial score (nSPS) is 12.2. The van der Waals surface area contributed by atoms with Crippen molar-refractivity contribution in [1.29, 1.82) is 0 Å². The number of aromatic nitrogens is 6. The molecule has 0 saturated heterocycles. The van der Waals surface area contributed by atoms with Gasteiger partial charge in [0.2, 0.25) is 0 Å². The lowest BCUT2D eigenvalue weighted by Crippen LogP contribution is -2.23. The van der Waals surface area contributed by atoms with Crippen molar-refractivity contribution in [2.75, 3.05) is 0 Å². The third-order valence-corrected chi connectivity index (χ3v) is 3.93. The minimum Gasteiger partial charge on any atom is -0.282 e. The van der Waals surface area contributed by atoms with Crippen LogP contribution in [0.5, 0.6) is 0 Å². The number of para-hydroxylation sites is 1. The van der Waals surface area contributed by atoms with Crippen LogP contribution >= 0.6 is 0 Å². The van der Waals surface area contributed by atoms with Crippen molar-refractivity contribution in [2.24, 2.45) is 0 Å². The Morgan fingerprint density at radius 1 is 1.12 bits per heavy atom. The topological polar surface area (TPSA) is 78.0 Å². The molecular formula is C16H11F3N6O. The summed E-state index contributed by atoms with van der Waals surface area (Å²) in [6.45, 7) is 1.87. The molecule has 10 heteroatoms. The highest BCUT2D eigenvalue weighted by molar-refractivity contribution is 5.74. The van der Waals surface area contributed by atoms with Gasteiger partial charge in [0.25, 0.3) is 11.3 Å². The predicted octanol–water partition coefficient (Wildman–Crippen LogP) is 2.40. The van der Waals surface area contributed by atoms with Gasteiger partial charge in [-0.3, -0.25) is 9.36 Å². The fourth-order valence-electron chi connectivity index (χ4n) is 2.71. The maximum atomic E-state index is 13.3. The number of fused-ring (bicyclic) bond motifs is 3. The molecule has 132 valence electrons. The van der Waals surface area contributed by atoms with E-state index in [2.05, 4.69) is 20.3 Å². The van der Waals surface area contributed by atoms with Crippen molar-refractivity contribution >= 4 is 16.8 Å². The molecule has 0 aliphatic heterocycles. The molecule has 0 unspecified atom stereocenters. The summed E-state index contributed by atoms with van der Waals surface area (Å²) in [5.41, 5.74) is -1.68. The van der Waals surface area contributed by atoms with E-state index in [0.717, 1.165) is 10.6 Å². The standard InChI is InChI=1S/C16H11F3N6O/c1-2-12-20-15-22-21-13-11(25(15)23-12)7-8-24(14(13)26)10-6-4-3-5-9(10)16(17,18)19/h3-8H,2H2,1H3. The summed E-state index contributed by atoms with van der Waals surface area (Å²) in [6.07, 6.45) is -2.76. The van der Waals surface area contributed by atoms with Crippen LogP contribution < -0.4 is 5.56 Å². The summed E-state index contributed by atoms with van der Waals surface area (Å²) in [6, 6.07) is 6.32. The molecular weight excluding hydrogens is 349 g/mol. The summed E-state index contributed by atoms with van der Waals surface area (Å²) >= 11 is 0. The second-order valence-electron chi connectivity index (χ2n) is 5.53. The molecule has 1 aromatic carbocycles. The lowest BCUT2D eigenvalue weighted by atomic mass is 10.1. The molecule has 3 aromatic heterocycles. The summed E-state index contributed by atoms with van der Waals surface area (Å²) in [5.74, 6) is 0.751. The van der Waals surface area contributed by atoms with Crippen LogP contribution in [0.25, 0.3) is 22.5 Å². The fourth-order valence-corrected chi connectivity index (χ4v) is 2.71. The molecule has 4 aromatic rings. The lowest BCUT2D eigenvalue weighted by molar-refractivity contribution is -0.137. The minimum absolute atomic E-state index is 0.0930. The molecule has 0 aliphatic rings. The number of hydrogen-bond acceptors (Lipinski definition) is 5. The molecule has 0 spiro atoms. The summed E-state index contributed by atoms with van der Waals surface area (Å²) in [4.78, 5) is 16.9. The van der Waals surface area contributed by atoms with Crippen LogP contribution in [0.3, 0.4) is 0 Å². The molecule has 3 heterocycles. The molecule has 26 heavy (non-hydrogen) atoms. The molecule has 0 radical (unpaired) electrons. The number of halogens is 3. The van der Waals surface area contributed by atoms with Crippen LogP contribution in [0.1, 0.15) is 18.3 Å². The van der Waals surface area contributed by atoms with Crippen LogP contribution in [-0.2, 0) is 12.6 Å². The molecule has 4 rings (SSSR count). The van der Waals surface area contributed by atoms with Crippen LogP contribution in [0, 0.1) is 0 Å². The van der Waals surface area contributed by atoms with Gasteiger partial charge in [0.1, 0.15) is 5.52 Å². The van der Waals surface area contributed by atoms with E-state index >= 15 is 0 Å². The molecule has 0 fully saturated rings. The number of hydrogen-bond donors (Lipinski definition) is 0. The van der Waals surface area contributed by atoms with Crippen molar-refractivity contribution < 1.29 is 13.2 Å². The number of nitrogens with zero attached hydrogens (tertiary/aromatic N) is 6. The zero-order valence-corrected chi connectivity index (χ0v) is 13.4. The first-order valence-electron chi connectivity index (χ1n) is 7.70. The molecule has 0 aliphatic carbocycles. The van der Waals surface area contributed by atoms with Crippen LogP contribution in [0.2, 0.25) is 0 Å². The van der Waals surface area contributed by atoms with Crippen molar-refractivity contribution in [3.05, 3.63) is 58.3 Å². The lowest BCUT2D eigenvalue weighted by Gasteiger charge is -2.14. The zero-order valence-electron chi connectivity index (χ0n) is 13.4. The fraction of sp³-hybridized carbons (Fsp3) is 0.188. The second-order valence-corrected chi connectivity index (χ2v) is 5.53. The predicted molar refractivity (Wildman–Crippen MR) is 86.1 cm³/mol. The Hall–Kier alpha value is -3.30. The maximum Gasteiger partial charge on any atom is 0.418 e. The Morgan fingerprint density at radius 3 is 2.62 bits per heavy atom. The van der Waals surface area contributed by atoms with E-state index in [1.54, 1.807) is 0 Å². The van der Waals surface area contributed by atoms with Crippen molar-refractivity contribution in [3.63, 3.8) is 0 Å². The first-order chi connectivity index (χ1) is 12.4. The average molecular weight is 360 g/mol. The van der Waals surface area contributed by atoms with Crippen molar-refractivity contribution in [3.8, 4) is 5.69 Å². The summed E-state index contributed by atoms with van der Waals surface area (Å²) < 4.78 is 42.1. The van der Waals surface area contributed by atoms with E-state index < -0.39 is 17.3 Å². The van der Waals surface area contributed by atoms with Crippen molar-refractivity contribution in [1.82, 2.24) is 29.4 Å². The van der Waals surface area contributed by atoms with Crippen molar-refractivity contribution in [2.45, 2.75) is 19.5 Å². The van der Waals surface area contributed by atoms with E-state index in [0.29, 0.717) is 17.8 Å². The van der Waals surface area contributed by atoms with Gasteiger partial charge in [-0.25, -0.2) is 0 Å². The van der Waals surface area contributed by atoms with E-state index in [1.807, 2.05) is 6.92 Å². The molecule has 0 saturated carbocycles. The highest BCUT2D eigenvalue weighted by atomic mass is 19.4. The highest BCUT2D eigenvalue weighted by Gasteiger charge is 2.34. The Kier molecular flexibility index (Phi) is 3.49. The summed E-state index contributed by atoms with van der Waals surface area (Å²) in [7, 11) is 0. The molecule has 7 nitrogen and oxygen atoms in total. The van der Waals surface area contributed by atoms with Gasteiger partial charge in [-0.15, -0.1) is 15.3 Å². The van der Waals surface area contributed by atoms with Gasteiger partial charge in [-0.05, 0) is 18.2 Å². The SMILES string of the molecule is CCc1nc2nnc3c(=O)n(-c4ccccc4C(F)(F)F)ccc3n2n1. The number of aryl methyl sites for hydroxylation is 1. The Bertz CT molecular complexity index is 1190. The van der Waals surface area contributed by atoms with E-state index in [4.69, 9.17) is 0 Å². The number of benzene rings is 1. The molecule has 0 amide bonds. The first-order valence-corrected chi connectivity index (χ1v) is 7.70. The molecule has 0 bridgehead atoms. The monoisotopic (exact) mass is 360 g/mol. The zero-order chi connectivity index (χ0) is 18.5. The summed E-state index contributed by atoms with van der Waals surface area (Å²) in [5, 5.41) is 11.9. The van der Waals surface area contributed by atoms with E-state index in [1.165, 1.54) is 35.0 Å². The third-order valence-electron chi connectivity index (χ3n) is 3.93. The minimum atomic E-state index is -4.59. The molecule has 0 N–H and O–H groups in total. The van der Waals surface area contributed by atoms with Gasteiger partial charge in [0.05, 0.1) is 11.3 Å². The number of pyridine rings is 1. The first kappa shape index (κ1) is 16.2. The van der Waals surface area contributed by atoms with Gasteiger partial charge in [-0.1, -0.05) is 19.1 Å². The van der Waals surface area contributed by atoms with Crippen LogP contribution in [-0.4, -0.2) is 29.4 Å². The Morgan fingerprint density at radius 2 is 1.88 bits per heavy atom. The van der Waals surface area contributed by atoms with Gasteiger partial charge < -0.3 is 0 Å². The maximum absolute atomic E-state index is 13.3. The van der Waals surface area contributed by atoms with Crippen LogP contribution in [0.15, 0.2) is 41.3 Å². The average Bonchev–Trinajstić information content (AvgIpc) is 3.05. The van der Waals surface area contributed by atoms with E-state index in [-0.39, 0.29) is 17.0 Å². The van der Waals surface area contributed by atoms with E-state index in [9.17, 15) is 18.0 Å². The van der Waals surface area contributed by atoms with Gasteiger partial charge in [0.15, 0.2) is 11.3 Å². The Balaban J connectivity index is 2.01. The quantitative estimate of drug-likeness (QED) is 0.549. The van der Waals surface area contributed by atoms with Crippen LogP contribution in [0.4, 0.5) is 13.2 Å². The van der Waals surface area contributed by atoms with Gasteiger partial charge >= 0.3 is 6.18 Å². The van der Waals surface area contributed by atoms with Gasteiger partial charge in [-0.2, -0.15) is 22.7 Å². The largest absolute Gasteiger partial charge is 0.418 e. The number of rotatable bonds is 2. The smallest absolute Gasteiger partial charge is 0.282 e. The second kappa shape index (κ2) is 5.61. The third kappa shape index (κ3) is 2.41.